The number of aromatic amines is 2. The molecule has 106 valence electrons. The molecule has 0 unspecified atom stereocenters. The Hall–Kier alpha value is -2.96. The second-order valence-corrected chi connectivity index (χ2v) is 4.70. The van der Waals surface area contributed by atoms with Crippen LogP contribution in [0.3, 0.4) is 0 Å². The first-order valence-electron chi connectivity index (χ1n) is 6.37. The van der Waals surface area contributed by atoms with E-state index in [-0.39, 0.29) is 11.7 Å². The van der Waals surface area contributed by atoms with Crippen LogP contribution in [0.25, 0.3) is 10.8 Å². The van der Waals surface area contributed by atoms with E-state index in [1.165, 1.54) is 4.90 Å². The smallest absolute Gasteiger partial charge is 0.335 e. The van der Waals surface area contributed by atoms with Crippen LogP contribution in [0, 0.1) is 0 Å². The molecule has 0 aliphatic heterocycles. The Morgan fingerprint density at radius 3 is 2.95 bits per heavy atom. The van der Waals surface area contributed by atoms with Gasteiger partial charge < -0.3 is 4.90 Å². The van der Waals surface area contributed by atoms with E-state index in [9.17, 15) is 9.59 Å². The van der Waals surface area contributed by atoms with Crippen LogP contribution in [0.15, 0.2) is 41.5 Å². The fourth-order valence-corrected chi connectivity index (χ4v) is 2.21. The van der Waals surface area contributed by atoms with Crippen molar-refractivity contribution in [3.63, 3.8) is 0 Å². The lowest BCUT2D eigenvalue weighted by atomic mass is 10.1. The van der Waals surface area contributed by atoms with Crippen LogP contribution in [-0.2, 0) is 6.54 Å². The van der Waals surface area contributed by atoms with Crippen molar-refractivity contribution in [1.29, 1.82) is 0 Å². The fraction of sp³-hybridized carbons (Fsp3) is 0.143. The van der Waals surface area contributed by atoms with Gasteiger partial charge in [-0.05, 0) is 17.0 Å². The molecule has 0 saturated carbocycles. The quantitative estimate of drug-likeness (QED) is 0.747. The minimum absolute atomic E-state index is 0.00408. The molecule has 0 spiro atoms. The maximum Gasteiger partial charge on any atom is 0.341 e. The van der Waals surface area contributed by atoms with Gasteiger partial charge in [0, 0.05) is 31.4 Å². The monoisotopic (exact) mass is 283 g/mol. The van der Waals surface area contributed by atoms with Gasteiger partial charge in [-0.3, -0.25) is 14.8 Å². The standard InChI is InChI=1S/C14H13N5O2/c1-19(13(20)12-16-14(21)18-17-12)8-10-4-2-3-9-7-15-6-5-11(9)10/h2-7H,8H2,1H3,(H2,16,17,18,21). The average Bonchev–Trinajstić information content (AvgIpc) is 2.93. The maximum absolute atomic E-state index is 12.2. The largest absolute Gasteiger partial charge is 0.341 e. The molecule has 7 heteroatoms. The van der Waals surface area contributed by atoms with E-state index < -0.39 is 5.69 Å². The van der Waals surface area contributed by atoms with Crippen LogP contribution >= 0.6 is 0 Å². The third-order valence-corrected chi connectivity index (χ3v) is 3.23. The van der Waals surface area contributed by atoms with Gasteiger partial charge in [0.1, 0.15) is 0 Å². The van der Waals surface area contributed by atoms with Crippen LogP contribution < -0.4 is 5.69 Å². The van der Waals surface area contributed by atoms with Crippen molar-refractivity contribution in [2.24, 2.45) is 0 Å². The number of hydrogen-bond donors (Lipinski definition) is 2. The number of rotatable bonds is 3. The molecule has 2 heterocycles. The summed E-state index contributed by atoms with van der Waals surface area (Å²) in [7, 11) is 1.66. The molecule has 2 N–H and O–H groups in total. The summed E-state index contributed by atoms with van der Waals surface area (Å²) in [5, 5.41) is 7.89. The number of carbonyl (C=O) groups excluding carboxylic acids is 1. The van der Waals surface area contributed by atoms with Crippen LogP contribution in [0.4, 0.5) is 0 Å². The third kappa shape index (κ3) is 2.53. The molecule has 21 heavy (non-hydrogen) atoms. The molecule has 3 rings (SSSR count). The number of fused-ring (bicyclic) bond motifs is 1. The van der Waals surface area contributed by atoms with Crippen LogP contribution in [0.2, 0.25) is 0 Å². The van der Waals surface area contributed by atoms with Crippen LogP contribution in [-0.4, -0.2) is 38.0 Å². The molecule has 0 saturated heterocycles. The van der Waals surface area contributed by atoms with Crippen molar-refractivity contribution in [2.75, 3.05) is 7.05 Å². The Bertz CT molecular complexity index is 846. The van der Waals surface area contributed by atoms with Crippen molar-refractivity contribution >= 4 is 16.7 Å². The van der Waals surface area contributed by atoms with Gasteiger partial charge in [0.2, 0.25) is 5.82 Å². The summed E-state index contributed by atoms with van der Waals surface area (Å²) in [6.07, 6.45) is 3.50. The zero-order valence-electron chi connectivity index (χ0n) is 11.3. The number of hydrogen-bond acceptors (Lipinski definition) is 4. The lowest BCUT2D eigenvalue weighted by Crippen LogP contribution is -2.27. The zero-order chi connectivity index (χ0) is 14.8. The van der Waals surface area contributed by atoms with Crippen molar-refractivity contribution in [3.8, 4) is 0 Å². The second-order valence-electron chi connectivity index (χ2n) is 4.70. The Morgan fingerprint density at radius 2 is 2.19 bits per heavy atom. The van der Waals surface area contributed by atoms with Crippen molar-refractivity contribution in [2.45, 2.75) is 6.54 Å². The van der Waals surface area contributed by atoms with E-state index in [4.69, 9.17) is 0 Å². The number of benzene rings is 1. The number of H-pyrrole nitrogens is 2. The second kappa shape index (κ2) is 5.20. The Balaban J connectivity index is 1.88. The highest BCUT2D eigenvalue weighted by atomic mass is 16.2. The molecule has 1 amide bonds. The zero-order valence-corrected chi connectivity index (χ0v) is 11.3. The first-order chi connectivity index (χ1) is 10.1. The van der Waals surface area contributed by atoms with Gasteiger partial charge in [0.15, 0.2) is 0 Å². The maximum atomic E-state index is 12.2. The lowest BCUT2D eigenvalue weighted by Gasteiger charge is -2.16. The normalized spacial score (nSPS) is 10.7. The number of amides is 1. The Labute approximate surface area is 119 Å². The van der Waals surface area contributed by atoms with Crippen molar-refractivity contribution < 1.29 is 4.79 Å². The van der Waals surface area contributed by atoms with Gasteiger partial charge in [0.25, 0.3) is 5.91 Å². The van der Waals surface area contributed by atoms with Gasteiger partial charge >= 0.3 is 5.69 Å². The van der Waals surface area contributed by atoms with E-state index in [0.29, 0.717) is 6.54 Å². The molecule has 0 atom stereocenters. The van der Waals surface area contributed by atoms with E-state index in [1.54, 1.807) is 19.4 Å². The first kappa shape index (κ1) is 13.0. The van der Waals surface area contributed by atoms with Gasteiger partial charge in [-0.15, -0.1) is 5.10 Å². The fourth-order valence-electron chi connectivity index (χ4n) is 2.21. The molecular formula is C14H13N5O2. The van der Waals surface area contributed by atoms with E-state index >= 15 is 0 Å². The summed E-state index contributed by atoms with van der Waals surface area (Å²) in [5.74, 6) is -0.344. The summed E-state index contributed by atoms with van der Waals surface area (Å²) in [4.78, 5) is 31.1. The highest BCUT2D eigenvalue weighted by molar-refractivity contribution is 5.91. The summed E-state index contributed by atoms with van der Waals surface area (Å²) in [6, 6.07) is 7.77. The number of aromatic nitrogens is 4. The van der Waals surface area contributed by atoms with Gasteiger partial charge in [-0.25, -0.2) is 9.89 Å². The van der Waals surface area contributed by atoms with Gasteiger partial charge in [-0.1, -0.05) is 18.2 Å². The number of carbonyl (C=O) groups is 1. The molecule has 1 aromatic carbocycles. The van der Waals surface area contributed by atoms with E-state index in [0.717, 1.165) is 16.3 Å². The molecule has 0 bridgehead atoms. The van der Waals surface area contributed by atoms with E-state index in [1.807, 2.05) is 24.3 Å². The highest BCUT2D eigenvalue weighted by Gasteiger charge is 2.16. The highest BCUT2D eigenvalue weighted by Crippen LogP contribution is 2.18. The summed E-state index contributed by atoms with van der Waals surface area (Å²) in [6.45, 7) is 0.412. The lowest BCUT2D eigenvalue weighted by molar-refractivity contribution is 0.0774. The van der Waals surface area contributed by atoms with Gasteiger partial charge in [-0.2, -0.15) is 0 Å². The first-order valence-corrected chi connectivity index (χ1v) is 6.37. The minimum atomic E-state index is -0.497. The molecule has 3 aromatic rings. The molecule has 0 radical (unpaired) electrons. The minimum Gasteiger partial charge on any atom is -0.335 e. The summed E-state index contributed by atoms with van der Waals surface area (Å²) in [5.41, 5.74) is 0.506. The predicted molar refractivity (Wildman–Crippen MR) is 76.7 cm³/mol. The number of nitrogens with one attached hydrogen (secondary N) is 2. The molecule has 0 fully saturated rings. The SMILES string of the molecule is CN(Cc1cccc2cnccc12)C(=O)c1n[nH]c(=O)[nH]1. The van der Waals surface area contributed by atoms with Gasteiger partial charge in [0.05, 0.1) is 0 Å². The van der Waals surface area contributed by atoms with Crippen molar-refractivity contribution in [1.82, 2.24) is 25.1 Å². The molecule has 0 aliphatic rings. The topological polar surface area (TPSA) is 94.7 Å². The summed E-state index contributed by atoms with van der Waals surface area (Å²) >= 11 is 0. The Kier molecular flexibility index (Phi) is 3.23. The average molecular weight is 283 g/mol. The predicted octanol–water partition coefficient (Wildman–Crippen LogP) is 0.918. The third-order valence-electron chi connectivity index (χ3n) is 3.23. The number of nitrogens with zero attached hydrogens (tertiary/aromatic N) is 3. The Morgan fingerprint density at radius 1 is 1.33 bits per heavy atom. The van der Waals surface area contributed by atoms with Crippen molar-refractivity contribution in [3.05, 3.63) is 58.5 Å². The molecule has 2 aromatic heterocycles. The molecular weight excluding hydrogens is 270 g/mol. The van der Waals surface area contributed by atoms with Crippen LogP contribution in [0.5, 0.6) is 0 Å². The summed E-state index contributed by atoms with van der Waals surface area (Å²) < 4.78 is 0. The molecule has 0 aliphatic carbocycles. The number of pyridine rings is 1. The molecule has 7 nitrogen and oxygen atoms in total. The van der Waals surface area contributed by atoms with E-state index in [2.05, 4.69) is 20.2 Å². The van der Waals surface area contributed by atoms with Crippen LogP contribution in [0.1, 0.15) is 16.2 Å².